The van der Waals surface area contributed by atoms with Crippen LogP contribution in [0.5, 0.6) is 0 Å². The normalized spacial score (nSPS) is 25.2. The number of aliphatic hydroxyl groups excluding tert-OH is 2. The molecule has 3 atom stereocenters. The summed E-state index contributed by atoms with van der Waals surface area (Å²) < 4.78 is 27.2. The number of nitrogens with zero attached hydrogens (tertiary/aromatic N) is 4. The van der Waals surface area contributed by atoms with Crippen molar-refractivity contribution in [3.05, 3.63) is 40.3 Å². The zero-order chi connectivity index (χ0) is 17.7. The summed E-state index contributed by atoms with van der Waals surface area (Å²) in [4.78, 5) is 2.86. The highest BCUT2D eigenvalue weighted by Crippen LogP contribution is 2.33. The highest BCUT2D eigenvalue weighted by molar-refractivity contribution is 7.89. The van der Waals surface area contributed by atoms with E-state index >= 15 is 0 Å². The second-order valence-corrected chi connectivity index (χ2v) is 7.91. The molecule has 0 amide bonds. The van der Waals surface area contributed by atoms with Crippen molar-refractivity contribution in [2.45, 2.75) is 36.7 Å². The van der Waals surface area contributed by atoms with Gasteiger partial charge in [0.15, 0.2) is 0 Å². The van der Waals surface area contributed by atoms with Crippen molar-refractivity contribution in [1.29, 1.82) is 0 Å². The topological polar surface area (TPSA) is 127 Å². The van der Waals surface area contributed by atoms with Gasteiger partial charge in [-0.05, 0) is 43.3 Å². The van der Waals surface area contributed by atoms with Gasteiger partial charge in [-0.15, -0.1) is 0 Å². The molecule has 132 valence electrons. The van der Waals surface area contributed by atoms with Crippen LogP contribution in [0.2, 0.25) is 0 Å². The van der Waals surface area contributed by atoms with Crippen LogP contribution in [-0.4, -0.2) is 54.8 Å². The number of benzene rings is 1. The molecule has 0 radical (unpaired) electrons. The van der Waals surface area contributed by atoms with Crippen molar-refractivity contribution in [1.82, 2.24) is 4.31 Å². The molecule has 1 aromatic carbocycles. The summed E-state index contributed by atoms with van der Waals surface area (Å²) in [5, 5.41) is 22.9. The molecule has 2 rings (SSSR count). The van der Waals surface area contributed by atoms with E-state index < -0.39 is 22.1 Å². The summed E-state index contributed by atoms with van der Waals surface area (Å²) in [6, 6.07) is 5.17. The summed E-state index contributed by atoms with van der Waals surface area (Å²) in [6.07, 6.45) is 0.772. The molecule has 1 heterocycles. The van der Waals surface area contributed by atoms with Crippen LogP contribution in [-0.2, 0) is 10.0 Å². The average molecular weight is 354 g/mol. The first-order valence-electron chi connectivity index (χ1n) is 7.76. The van der Waals surface area contributed by atoms with E-state index in [2.05, 4.69) is 10.0 Å². The molecule has 1 fully saturated rings. The molecule has 24 heavy (non-hydrogen) atoms. The van der Waals surface area contributed by atoms with Gasteiger partial charge >= 0.3 is 0 Å². The summed E-state index contributed by atoms with van der Waals surface area (Å²) in [6.45, 7) is 1.38. The third-order valence-electron chi connectivity index (χ3n) is 4.35. The first-order chi connectivity index (χ1) is 11.4. The largest absolute Gasteiger partial charge is 0.395 e. The Morgan fingerprint density at radius 2 is 1.75 bits per heavy atom. The van der Waals surface area contributed by atoms with Gasteiger partial charge in [0.2, 0.25) is 10.0 Å². The minimum atomic E-state index is -3.84. The van der Waals surface area contributed by atoms with E-state index in [1.165, 1.54) is 16.4 Å². The lowest BCUT2D eigenvalue weighted by atomic mass is 9.88. The molecule has 1 aromatic rings. The highest BCUT2D eigenvalue weighted by atomic mass is 32.2. The van der Waals surface area contributed by atoms with E-state index in [1.54, 1.807) is 12.1 Å². The highest BCUT2D eigenvalue weighted by Gasteiger charge is 2.42. The minimum Gasteiger partial charge on any atom is -0.395 e. The fraction of sp³-hybridized carbons (Fsp3) is 0.600. The Labute approximate surface area is 141 Å². The van der Waals surface area contributed by atoms with Crippen LogP contribution in [0.4, 0.5) is 0 Å². The summed E-state index contributed by atoms with van der Waals surface area (Å²) in [5.74, 6) is -0.0698. The molecule has 0 saturated carbocycles. The van der Waals surface area contributed by atoms with Crippen LogP contribution in [0.3, 0.4) is 0 Å². The van der Waals surface area contributed by atoms with E-state index in [-0.39, 0.29) is 30.6 Å². The number of rotatable bonds is 6. The SMILES string of the molecule is Cc1ccc(S(=O)(=O)N2[C@H](CO)C[C@H](CN=[N+]=[N-])C[C@@H]2CO)cc1. The van der Waals surface area contributed by atoms with E-state index in [1.807, 2.05) is 6.92 Å². The number of piperidine rings is 1. The van der Waals surface area contributed by atoms with Crippen LogP contribution in [0.25, 0.3) is 10.4 Å². The Morgan fingerprint density at radius 1 is 1.21 bits per heavy atom. The maximum atomic E-state index is 13.0. The smallest absolute Gasteiger partial charge is 0.243 e. The van der Waals surface area contributed by atoms with Crippen molar-refractivity contribution in [3.8, 4) is 0 Å². The van der Waals surface area contributed by atoms with Gasteiger partial charge in [-0.1, -0.05) is 22.8 Å². The van der Waals surface area contributed by atoms with Gasteiger partial charge in [-0.2, -0.15) is 4.31 Å². The molecule has 1 aliphatic rings. The number of hydrogen-bond acceptors (Lipinski definition) is 5. The van der Waals surface area contributed by atoms with Crippen LogP contribution in [0, 0.1) is 12.8 Å². The molecule has 0 unspecified atom stereocenters. The Balaban J connectivity index is 2.35. The van der Waals surface area contributed by atoms with Gasteiger partial charge in [0.05, 0.1) is 18.1 Å². The lowest BCUT2D eigenvalue weighted by Gasteiger charge is -2.42. The molecule has 0 aliphatic carbocycles. The molecule has 1 aliphatic heterocycles. The Morgan fingerprint density at radius 3 is 2.21 bits per heavy atom. The van der Waals surface area contributed by atoms with E-state index in [4.69, 9.17) is 5.53 Å². The van der Waals surface area contributed by atoms with Crippen LogP contribution < -0.4 is 0 Å². The predicted octanol–water partition coefficient (Wildman–Crippen LogP) is 1.43. The molecule has 9 heteroatoms. The summed E-state index contributed by atoms with van der Waals surface area (Å²) in [5.41, 5.74) is 9.39. The number of sulfonamides is 1. The van der Waals surface area contributed by atoms with Crippen molar-refractivity contribution in [2.75, 3.05) is 19.8 Å². The van der Waals surface area contributed by atoms with Gasteiger partial charge in [0, 0.05) is 23.5 Å². The lowest BCUT2D eigenvalue weighted by molar-refractivity contribution is 0.0569. The zero-order valence-corrected chi connectivity index (χ0v) is 14.3. The van der Waals surface area contributed by atoms with Gasteiger partial charge in [0.25, 0.3) is 0 Å². The maximum Gasteiger partial charge on any atom is 0.243 e. The molecule has 0 bridgehead atoms. The van der Waals surface area contributed by atoms with E-state index in [0.29, 0.717) is 12.8 Å². The van der Waals surface area contributed by atoms with Crippen molar-refractivity contribution in [2.24, 2.45) is 11.0 Å². The Kier molecular flexibility index (Phi) is 6.20. The van der Waals surface area contributed by atoms with E-state index in [9.17, 15) is 18.6 Å². The van der Waals surface area contributed by atoms with Crippen molar-refractivity contribution >= 4 is 10.0 Å². The van der Waals surface area contributed by atoms with Gasteiger partial charge in [-0.25, -0.2) is 8.42 Å². The predicted molar refractivity (Wildman–Crippen MR) is 88.7 cm³/mol. The number of aliphatic hydroxyl groups is 2. The Hall–Kier alpha value is -1.64. The second-order valence-electron chi connectivity index (χ2n) is 6.07. The van der Waals surface area contributed by atoms with Gasteiger partial charge in [-0.3, -0.25) is 0 Å². The second kappa shape index (κ2) is 7.96. The molecular weight excluding hydrogens is 332 g/mol. The van der Waals surface area contributed by atoms with Crippen molar-refractivity contribution in [3.63, 3.8) is 0 Å². The third-order valence-corrected chi connectivity index (χ3v) is 6.37. The number of hydrogen-bond donors (Lipinski definition) is 2. The zero-order valence-electron chi connectivity index (χ0n) is 13.5. The fourth-order valence-corrected chi connectivity index (χ4v) is 5.02. The third kappa shape index (κ3) is 3.88. The lowest BCUT2D eigenvalue weighted by Crippen LogP contribution is -2.55. The molecule has 0 spiro atoms. The Bertz CT molecular complexity index is 687. The molecule has 8 nitrogen and oxygen atoms in total. The molecule has 2 N–H and O–H groups in total. The van der Waals surface area contributed by atoms with Crippen LogP contribution >= 0.6 is 0 Å². The fourth-order valence-electron chi connectivity index (χ4n) is 3.21. The van der Waals surface area contributed by atoms with E-state index in [0.717, 1.165) is 5.56 Å². The van der Waals surface area contributed by atoms with Gasteiger partial charge < -0.3 is 10.2 Å². The van der Waals surface area contributed by atoms with Gasteiger partial charge in [0.1, 0.15) is 0 Å². The quantitative estimate of drug-likeness (QED) is 0.455. The van der Waals surface area contributed by atoms with Crippen molar-refractivity contribution < 1.29 is 18.6 Å². The first kappa shape index (κ1) is 18.7. The maximum absolute atomic E-state index is 13.0. The molecular formula is C15H22N4O4S. The monoisotopic (exact) mass is 354 g/mol. The average Bonchev–Trinajstić information content (AvgIpc) is 2.59. The molecule has 1 saturated heterocycles. The summed E-state index contributed by atoms with van der Waals surface area (Å²) in [7, 11) is -3.84. The van der Waals surface area contributed by atoms with Crippen LogP contribution in [0.15, 0.2) is 34.3 Å². The van der Waals surface area contributed by atoms with Crippen LogP contribution in [0.1, 0.15) is 18.4 Å². The molecule has 0 aromatic heterocycles. The standard InChI is InChI=1S/C15H22N4O4S/c1-11-2-4-15(5-3-11)24(22,23)19-13(9-20)6-12(8-17-18-16)7-14(19)10-21/h2-5,12-14,20-21H,6-10H2,1H3/t12-,13-,14+. The first-order valence-corrected chi connectivity index (χ1v) is 9.20. The number of azide groups is 1. The number of aryl methyl sites for hydroxylation is 1. The minimum absolute atomic E-state index is 0.0698. The summed E-state index contributed by atoms with van der Waals surface area (Å²) >= 11 is 0.